The van der Waals surface area contributed by atoms with Crippen molar-refractivity contribution in [2.45, 2.75) is 12.8 Å². The maximum Gasteiger partial charge on any atom is 0.125 e. The van der Waals surface area contributed by atoms with E-state index in [2.05, 4.69) is 0 Å². The molecule has 0 bridgehead atoms. The summed E-state index contributed by atoms with van der Waals surface area (Å²) in [7, 11) is 0. The van der Waals surface area contributed by atoms with E-state index in [9.17, 15) is 15.3 Å². The van der Waals surface area contributed by atoms with Crippen molar-refractivity contribution in [1.82, 2.24) is 4.98 Å². The van der Waals surface area contributed by atoms with Crippen LogP contribution in [0.3, 0.4) is 0 Å². The van der Waals surface area contributed by atoms with E-state index in [0.29, 0.717) is 12.8 Å². The standard InChI is InChI=1S/C25H17NO3/c27-18-8-2-1-7-15(18)23-16-11-13-5-3-9-19(28)21(13)24(16)26-25-17(23)12-14-6-4-10-20(29)22(14)25/h1-10,27-29H,11-12H2. The van der Waals surface area contributed by atoms with Crippen molar-refractivity contribution in [3.63, 3.8) is 0 Å². The van der Waals surface area contributed by atoms with Crippen LogP contribution in [0.4, 0.5) is 0 Å². The molecule has 3 N–H and O–H groups in total. The summed E-state index contributed by atoms with van der Waals surface area (Å²) in [5.74, 6) is 0.614. The Morgan fingerprint density at radius 1 is 0.552 bits per heavy atom. The van der Waals surface area contributed by atoms with Crippen molar-refractivity contribution in [1.29, 1.82) is 0 Å². The molecule has 2 aliphatic carbocycles. The summed E-state index contributed by atoms with van der Waals surface area (Å²) in [5, 5.41) is 31.8. The third kappa shape index (κ3) is 2.11. The molecule has 0 saturated carbocycles. The van der Waals surface area contributed by atoms with Crippen LogP contribution in [0.15, 0.2) is 60.7 Å². The van der Waals surface area contributed by atoms with E-state index in [0.717, 1.165) is 55.9 Å². The highest BCUT2D eigenvalue weighted by Crippen LogP contribution is 2.52. The molecule has 3 aromatic carbocycles. The first-order valence-corrected chi connectivity index (χ1v) is 9.60. The molecule has 0 spiro atoms. The highest BCUT2D eigenvalue weighted by Gasteiger charge is 2.34. The van der Waals surface area contributed by atoms with Crippen molar-refractivity contribution < 1.29 is 15.3 Å². The number of aromatic hydroxyl groups is 3. The molecule has 29 heavy (non-hydrogen) atoms. The molecule has 0 saturated heterocycles. The Morgan fingerprint density at radius 3 is 1.62 bits per heavy atom. The van der Waals surface area contributed by atoms with Gasteiger partial charge in [0.15, 0.2) is 0 Å². The third-order valence-electron chi connectivity index (χ3n) is 6.04. The fourth-order valence-electron chi connectivity index (χ4n) is 4.83. The zero-order chi connectivity index (χ0) is 19.7. The summed E-state index contributed by atoms with van der Waals surface area (Å²) in [6.07, 6.45) is 1.29. The Bertz CT molecular complexity index is 1260. The van der Waals surface area contributed by atoms with Crippen LogP contribution in [0.2, 0.25) is 0 Å². The second kappa shape index (κ2) is 5.61. The quantitative estimate of drug-likeness (QED) is 0.376. The van der Waals surface area contributed by atoms with Gasteiger partial charge in [-0.25, -0.2) is 4.98 Å². The number of hydrogen-bond acceptors (Lipinski definition) is 4. The highest BCUT2D eigenvalue weighted by molar-refractivity contribution is 5.94. The van der Waals surface area contributed by atoms with Crippen LogP contribution in [0.1, 0.15) is 22.3 Å². The van der Waals surface area contributed by atoms with Gasteiger partial charge >= 0.3 is 0 Å². The zero-order valence-electron chi connectivity index (χ0n) is 15.5. The monoisotopic (exact) mass is 379 g/mol. The van der Waals surface area contributed by atoms with Gasteiger partial charge in [-0.1, -0.05) is 42.5 Å². The molecule has 0 fully saturated rings. The smallest absolute Gasteiger partial charge is 0.125 e. The number of phenols is 3. The average molecular weight is 379 g/mol. The molecule has 1 heterocycles. The minimum atomic E-state index is 0.201. The fraction of sp³-hybridized carbons (Fsp3) is 0.0800. The van der Waals surface area contributed by atoms with Crippen molar-refractivity contribution in [3.05, 3.63) is 82.9 Å². The lowest BCUT2D eigenvalue weighted by Crippen LogP contribution is -1.99. The normalized spacial score (nSPS) is 13.0. The number of para-hydroxylation sites is 1. The van der Waals surface area contributed by atoms with Gasteiger partial charge in [-0.15, -0.1) is 0 Å². The third-order valence-corrected chi connectivity index (χ3v) is 6.04. The van der Waals surface area contributed by atoms with Crippen LogP contribution >= 0.6 is 0 Å². The molecule has 0 unspecified atom stereocenters. The molecule has 4 heteroatoms. The van der Waals surface area contributed by atoms with Gasteiger partial charge in [-0.05, 0) is 46.0 Å². The summed E-state index contributed by atoms with van der Waals surface area (Å²) < 4.78 is 0. The van der Waals surface area contributed by atoms with Gasteiger partial charge in [0.25, 0.3) is 0 Å². The summed E-state index contributed by atoms with van der Waals surface area (Å²) in [6, 6.07) is 18.4. The first-order valence-electron chi connectivity index (χ1n) is 9.60. The Balaban J connectivity index is 1.75. The molecule has 1 aromatic heterocycles. The van der Waals surface area contributed by atoms with Crippen LogP contribution in [-0.2, 0) is 12.8 Å². The first-order chi connectivity index (χ1) is 14.1. The van der Waals surface area contributed by atoms with Crippen LogP contribution in [0.25, 0.3) is 33.6 Å². The molecule has 0 amide bonds. The molecule has 4 aromatic rings. The number of fused-ring (bicyclic) bond motifs is 6. The largest absolute Gasteiger partial charge is 0.507 e. The lowest BCUT2D eigenvalue weighted by atomic mass is 9.91. The van der Waals surface area contributed by atoms with Gasteiger partial charge in [0.1, 0.15) is 17.2 Å². The maximum atomic E-state index is 10.7. The van der Waals surface area contributed by atoms with E-state index in [-0.39, 0.29) is 17.2 Å². The second-order valence-corrected chi connectivity index (χ2v) is 7.63. The molecule has 0 radical (unpaired) electrons. The van der Waals surface area contributed by atoms with Crippen molar-refractivity contribution in [3.8, 4) is 50.9 Å². The van der Waals surface area contributed by atoms with E-state index in [1.54, 1.807) is 18.2 Å². The number of rotatable bonds is 1. The fourth-order valence-corrected chi connectivity index (χ4v) is 4.83. The molecule has 140 valence electrons. The number of pyridine rings is 1. The van der Waals surface area contributed by atoms with Gasteiger partial charge in [-0.2, -0.15) is 0 Å². The van der Waals surface area contributed by atoms with Gasteiger partial charge in [0.05, 0.1) is 11.4 Å². The number of aromatic nitrogens is 1. The summed E-state index contributed by atoms with van der Waals surface area (Å²) in [5.41, 5.74) is 8.70. The van der Waals surface area contributed by atoms with Crippen molar-refractivity contribution in [2.75, 3.05) is 0 Å². The van der Waals surface area contributed by atoms with Crippen LogP contribution in [0, 0.1) is 0 Å². The number of nitrogens with zero attached hydrogens (tertiary/aromatic N) is 1. The van der Waals surface area contributed by atoms with E-state index >= 15 is 0 Å². The summed E-state index contributed by atoms with van der Waals surface area (Å²) in [4.78, 5) is 4.95. The zero-order valence-corrected chi connectivity index (χ0v) is 15.5. The van der Waals surface area contributed by atoms with E-state index in [1.807, 2.05) is 42.5 Å². The molecular formula is C25H17NO3. The Morgan fingerprint density at radius 2 is 1.07 bits per heavy atom. The predicted molar refractivity (Wildman–Crippen MR) is 111 cm³/mol. The van der Waals surface area contributed by atoms with Gasteiger partial charge in [-0.3, -0.25) is 0 Å². The number of phenolic OH excluding ortho intramolecular Hbond substituents is 3. The van der Waals surface area contributed by atoms with Gasteiger partial charge in [0.2, 0.25) is 0 Å². The van der Waals surface area contributed by atoms with Crippen LogP contribution in [0.5, 0.6) is 17.2 Å². The molecule has 2 aliphatic rings. The van der Waals surface area contributed by atoms with E-state index in [1.165, 1.54) is 0 Å². The molecule has 4 nitrogen and oxygen atoms in total. The van der Waals surface area contributed by atoms with Crippen LogP contribution < -0.4 is 0 Å². The molecule has 0 aliphatic heterocycles. The second-order valence-electron chi connectivity index (χ2n) is 7.63. The lowest BCUT2D eigenvalue weighted by Gasteiger charge is -2.16. The van der Waals surface area contributed by atoms with Gasteiger partial charge < -0.3 is 15.3 Å². The lowest BCUT2D eigenvalue weighted by molar-refractivity contribution is 0.476. The van der Waals surface area contributed by atoms with Gasteiger partial charge in [0, 0.05) is 29.5 Å². The topological polar surface area (TPSA) is 73.6 Å². The first kappa shape index (κ1) is 16.2. The SMILES string of the molecule is Oc1ccccc1-c1c2c(nc3c1Cc1cccc(O)c1-3)-c1c(O)cccc1C2. The Kier molecular flexibility index (Phi) is 3.13. The summed E-state index contributed by atoms with van der Waals surface area (Å²) in [6.45, 7) is 0. The molecular weight excluding hydrogens is 362 g/mol. The number of benzene rings is 3. The van der Waals surface area contributed by atoms with Crippen molar-refractivity contribution in [2.24, 2.45) is 0 Å². The Hall–Kier alpha value is -3.79. The molecule has 6 rings (SSSR count). The highest BCUT2D eigenvalue weighted by atomic mass is 16.3. The minimum Gasteiger partial charge on any atom is -0.507 e. The maximum absolute atomic E-state index is 10.7. The van der Waals surface area contributed by atoms with E-state index < -0.39 is 0 Å². The van der Waals surface area contributed by atoms with Crippen molar-refractivity contribution >= 4 is 0 Å². The number of hydrogen-bond donors (Lipinski definition) is 3. The summed E-state index contributed by atoms with van der Waals surface area (Å²) >= 11 is 0. The average Bonchev–Trinajstić information content (AvgIpc) is 3.26. The Labute approximate surface area is 167 Å². The molecule has 0 atom stereocenters. The predicted octanol–water partition coefficient (Wildman–Crippen LogP) is 5.01. The van der Waals surface area contributed by atoms with E-state index in [4.69, 9.17) is 4.98 Å². The minimum absolute atomic E-state index is 0.201. The van der Waals surface area contributed by atoms with Crippen LogP contribution in [-0.4, -0.2) is 20.3 Å².